The van der Waals surface area contributed by atoms with Gasteiger partial charge in [0.15, 0.2) is 0 Å². The third kappa shape index (κ3) is 1.67. The van der Waals surface area contributed by atoms with Crippen molar-refractivity contribution < 1.29 is 0 Å². The first kappa shape index (κ1) is 11.3. The normalized spacial score (nSPS) is 19.2. The molecule has 6 heteroatoms. The van der Waals surface area contributed by atoms with Crippen LogP contribution >= 0.6 is 15.9 Å². The van der Waals surface area contributed by atoms with Crippen LogP contribution in [0.3, 0.4) is 0 Å². The summed E-state index contributed by atoms with van der Waals surface area (Å²) < 4.78 is 2.79. The van der Waals surface area contributed by atoms with E-state index in [1.54, 1.807) is 6.20 Å². The van der Waals surface area contributed by atoms with E-state index in [9.17, 15) is 0 Å². The van der Waals surface area contributed by atoms with Crippen LogP contribution in [-0.4, -0.2) is 28.9 Å². The molecular formula is C10H12BrN5. The number of nitrogens with one attached hydrogen (secondary N) is 1. The number of aromatic nitrogens is 2. The molecular weight excluding hydrogens is 270 g/mol. The first-order valence-electron chi connectivity index (χ1n) is 4.93. The summed E-state index contributed by atoms with van der Waals surface area (Å²) in [6, 6.07) is 2.15. The molecule has 1 N–H and O–H groups in total. The average molecular weight is 282 g/mol. The Labute approximate surface area is 102 Å². The van der Waals surface area contributed by atoms with Gasteiger partial charge in [0.05, 0.1) is 17.5 Å². The van der Waals surface area contributed by atoms with Gasteiger partial charge in [0.25, 0.3) is 0 Å². The zero-order valence-electron chi connectivity index (χ0n) is 9.11. The number of halogens is 1. The van der Waals surface area contributed by atoms with Crippen LogP contribution in [0.1, 0.15) is 23.8 Å². The molecule has 0 fully saturated rings. The molecule has 0 amide bonds. The summed E-state index contributed by atoms with van der Waals surface area (Å²) in [4.78, 5) is 0. The monoisotopic (exact) mass is 281 g/mol. The lowest BCUT2D eigenvalue weighted by Crippen LogP contribution is -2.39. The van der Waals surface area contributed by atoms with E-state index in [4.69, 9.17) is 5.26 Å². The number of nitrogens with zero attached hydrogens (tertiary/aromatic N) is 4. The molecule has 0 saturated heterocycles. The predicted molar refractivity (Wildman–Crippen MR) is 64.3 cm³/mol. The highest BCUT2D eigenvalue weighted by Gasteiger charge is 2.26. The Bertz CT molecular complexity index is 470. The number of nitriles is 1. The van der Waals surface area contributed by atoms with Gasteiger partial charge in [0.1, 0.15) is 12.2 Å². The van der Waals surface area contributed by atoms with Crippen LogP contribution in [0.15, 0.2) is 12.3 Å². The minimum absolute atomic E-state index is 0.100. The molecule has 0 radical (unpaired) electrons. The van der Waals surface area contributed by atoms with Crippen molar-refractivity contribution >= 4 is 20.4 Å². The van der Waals surface area contributed by atoms with Crippen molar-refractivity contribution in [1.82, 2.24) is 20.2 Å². The smallest absolute Gasteiger partial charge is 0.120 e. The van der Waals surface area contributed by atoms with Gasteiger partial charge in [0.2, 0.25) is 0 Å². The van der Waals surface area contributed by atoms with E-state index < -0.39 is 0 Å². The van der Waals surface area contributed by atoms with E-state index in [1.807, 2.05) is 23.8 Å². The van der Waals surface area contributed by atoms with E-state index in [0.717, 1.165) is 16.6 Å². The Morgan fingerprint density at radius 3 is 3.12 bits per heavy atom. The lowest BCUT2D eigenvalue weighted by molar-refractivity contribution is 0.112. The van der Waals surface area contributed by atoms with Gasteiger partial charge in [-0.1, -0.05) is 6.08 Å². The highest BCUT2D eigenvalue weighted by atomic mass is 79.9. The van der Waals surface area contributed by atoms with E-state index in [-0.39, 0.29) is 6.17 Å². The first-order chi connectivity index (χ1) is 7.69. The second-order valence-corrected chi connectivity index (χ2v) is 4.42. The SMILES string of the molecule is CNN(C)C1CC=C(Br)c2c(C#N)cnn21. The van der Waals surface area contributed by atoms with Crippen LogP contribution in [0, 0.1) is 11.3 Å². The lowest BCUT2D eigenvalue weighted by Gasteiger charge is -2.30. The minimum atomic E-state index is 0.100. The van der Waals surface area contributed by atoms with Crippen LogP contribution in [0.4, 0.5) is 0 Å². The zero-order valence-corrected chi connectivity index (χ0v) is 10.7. The van der Waals surface area contributed by atoms with E-state index >= 15 is 0 Å². The average Bonchev–Trinajstić information content (AvgIpc) is 2.73. The maximum Gasteiger partial charge on any atom is 0.120 e. The van der Waals surface area contributed by atoms with Gasteiger partial charge in [-0.2, -0.15) is 10.4 Å². The van der Waals surface area contributed by atoms with E-state index in [2.05, 4.69) is 38.6 Å². The van der Waals surface area contributed by atoms with Gasteiger partial charge in [-0.15, -0.1) is 0 Å². The van der Waals surface area contributed by atoms with Gasteiger partial charge in [-0.25, -0.2) is 9.69 Å². The topological polar surface area (TPSA) is 56.9 Å². The van der Waals surface area contributed by atoms with Crippen molar-refractivity contribution in [2.24, 2.45) is 0 Å². The number of hydrogen-bond donors (Lipinski definition) is 1. The predicted octanol–water partition coefficient (Wildman–Crippen LogP) is 1.46. The quantitative estimate of drug-likeness (QED) is 0.834. The molecule has 1 aromatic rings. The summed E-state index contributed by atoms with van der Waals surface area (Å²) in [5.74, 6) is 0. The Kier molecular flexibility index (Phi) is 3.10. The molecule has 0 spiro atoms. The molecule has 16 heavy (non-hydrogen) atoms. The van der Waals surface area contributed by atoms with Crippen LogP contribution in [-0.2, 0) is 0 Å². The molecule has 1 aliphatic heterocycles. The Balaban J connectivity index is 2.48. The second kappa shape index (κ2) is 4.37. The molecule has 5 nitrogen and oxygen atoms in total. The van der Waals surface area contributed by atoms with Crippen molar-refractivity contribution in [1.29, 1.82) is 5.26 Å². The van der Waals surface area contributed by atoms with Crippen molar-refractivity contribution in [3.05, 3.63) is 23.5 Å². The van der Waals surface area contributed by atoms with Gasteiger partial charge >= 0.3 is 0 Å². The third-order valence-corrected chi connectivity index (χ3v) is 3.43. The molecule has 1 atom stereocenters. The Morgan fingerprint density at radius 1 is 1.75 bits per heavy atom. The van der Waals surface area contributed by atoms with Crippen LogP contribution in [0.25, 0.3) is 4.48 Å². The summed E-state index contributed by atoms with van der Waals surface area (Å²) in [7, 11) is 3.82. The summed E-state index contributed by atoms with van der Waals surface area (Å²) in [6.07, 6.45) is 4.61. The number of hydrazine groups is 1. The fourth-order valence-corrected chi connectivity index (χ4v) is 2.37. The van der Waals surface area contributed by atoms with Crippen molar-refractivity contribution in [3.63, 3.8) is 0 Å². The molecule has 1 aliphatic rings. The molecule has 1 aromatic heterocycles. The van der Waals surface area contributed by atoms with Gasteiger partial charge in [-0.3, -0.25) is 5.43 Å². The Hall–Kier alpha value is -1.16. The molecule has 0 aromatic carbocycles. The molecule has 84 valence electrons. The lowest BCUT2D eigenvalue weighted by atomic mass is 10.1. The fourth-order valence-electron chi connectivity index (χ4n) is 1.78. The fraction of sp³-hybridized carbons (Fsp3) is 0.400. The summed E-state index contributed by atoms with van der Waals surface area (Å²) in [5.41, 5.74) is 4.51. The standard InChI is InChI=1S/C10H12BrN5/c1-13-15(2)9-4-3-8(11)10-7(5-12)6-14-16(9)10/h3,6,9,13H,4H2,1-2H3. The third-order valence-electron chi connectivity index (χ3n) is 2.73. The van der Waals surface area contributed by atoms with Crippen LogP contribution in [0.2, 0.25) is 0 Å². The molecule has 0 saturated carbocycles. The van der Waals surface area contributed by atoms with Crippen LogP contribution in [0.5, 0.6) is 0 Å². The minimum Gasteiger partial charge on any atom is -0.257 e. The van der Waals surface area contributed by atoms with Crippen molar-refractivity contribution in [3.8, 4) is 6.07 Å². The maximum atomic E-state index is 9.00. The first-order valence-corrected chi connectivity index (χ1v) is 5.72. The van der Waals surface area contributed by atoms with E-state index in [0.29, 0.717) is 5.56 Å². The number of fused-ring (bicyclic) bond motifs is 1. The zero-order chi connectivity index (χ0) is 11.7. The second-order valence-electron chi connectivity index (χ2n) is 3.57. The summed E-state index contributed by atoms with van der Waals surface area (Å²) in [6.45, 7) is 0. The summed E-state index contributed by atoms with van der Waals surface area (Å²) >= 11 is 3.47. The molecule has 0 bridgehead atoms. The van der Waals surface area contributed by atoms with Gasteiger partial charge in [0, 0.05) is 18.0 Å². The highest BCUT2D eigenvalue weighted by molar-refractivity contribution is 9.15. The highest BCUT2D eigenvalue weighted by Crippen LogP contribution is 2.34. The number of hydrogen-bond acceptors (Lipinski definition) is 4. The Morgan fingerprint density at radius 2 is 2.50 bits per heavy atom. The summed E-state index contributed by atoms with van der Waals surface area (Å²) in [5, 5.41) is 15.2. The van der Waals surface area contributed by atoms with Crippen molar-refractivity contribution in [2.45, 2.75) is 12.6 Å². The number of rotatable bonds is 2. The van der Waals surface area contributed by atoms with Gasteiger partial charge in [-0.05, 0) is 23.0 Å². The largest absolute Gasteiger partial charge is 0.257 e. The molecule has 1 unspecified atom stereocenters. The molecule has 2 rings (SSSR count). The van der Waals surface area contributed by atoms with Crippen molar-refractivity contribution in [2.75, 3.05) is 14.1 Å². The molecule has 0 aliphatic carbocycles. The molecule has 2 heterocycles. The maximum absolute atomic E-state index is 9.00. The van der Waals surface area contributed by atoms with Crippen LogP contribution < -0.4 is 5.43 Å². The van der Waals surface area contributed by atoms with Gasteiger partial charge < -0.3 is 0 Å². The van der Waals surface area contributed by atoms with E-state index in [1.165, 1.54) is 0 Å².